The fourth-order valence-corrected chi connectivity index (χ4v) is 4.18. The molecule has 400 valence electrons. The Morgan fingerprint density at radius 2 is 1.27 bits per heavy atom. The van der Waals surface area contributed by atoms with Crippen molar-refractivity contribution < 1.29 is 33.6 Å². The summed E-state index contributed by atoms with van der Waals surface area (Å²) >= 11 is 1.39. The van der Waals surface area contributed by atoms with Crippen LogP contribution in [-0.4, -0.2) is 212 Å². The molecule has 10 rings (SSSR count). The van der Waals surface area contributed by atoms with Crippen molar-refractivity contribution in [3.63, 3.8) is 0 Å². The van der Waals surface area contributed by atoms with Crippen LogP contribution < -0.4 is 32.6 Å². The van der Waals surface area contributed by atoms with E-state index in [-0.39, 0.29) is 77.0 Å². The summed E-state index contributed by atoms with van der Waals surface area (Å²) in [5.74, 6) is 3.06. The van der Waals surface area contributed by atoms with Crippen molar-refractivity contribution in [3.05, 3.63) is 50.1 Å². The number of anilines is 1. The van der Waals surface area contributed by atoms with Crippen LogP contribution in [0.5, 0.6) is 0 Å². The zero-order valence-electron chi connectivity index (χ0n) is 41.2. The highest BCUT2D eigenvalue weighted by molar-refractivity contribution is 7.98. The number of H-pyrrole nitrogens is 8. The summed E-state index contributed by atoms with van der Waals surface area (Å²) in [6.07, 6.45) is 2.20. The second kappa shape index (κ2) is 34.3. The fraction of sp³-hybridized carbons (Fsp3) is 0.469. The van der Waals surface area contributed by atoms with Crippen molar-refractivity contribution in [3.8, 4) is 0 Å². The van der Waals surface area contributed by atoms with Gasteiger partial charge >= 0.3 is 17.4 Å². The second-order valence-corrected chi connectivity index (χ2v) is 14.4. The number of rotatable bonds is 3. The summed E-state index contributed by atoms with van der Waals surface area (Å²) in [7, 11) is 3.09. The number of ketones is 1. The molecule has 0 aromatic carbocycles. The average Bonchev–Trinajstić information content (AvgIpc) is 4.16. The lowest BCUT2D eigenvalue weighted by Gasteiger charge is -1.99. The molecule has 2 saturated heterocycles. The number of carbonyl (C=O) groups excluding carboxylic acids is 7. The van der Waals surface area contributed by atoms with Gasteiger partial charge in [-0.3, -0.25) is 59.8 Å². The van der Waals surface area contributed by atoms with E-state index in [1.807, 2.05) is 20.1 Å². The average molecular weight is 1060 g/mol. The number of aliphatic imine (C=N–C) groups is 1. The number of aryl methyl sites for hydroxylation is 5. The van der Waals surface area contributed by atoms with Gasteiger partial charge in [0.2, 0.25) is 41.1 Å². The third-order valence-electron chi connectivity index (χ3n) is 7.15. The highest BCUT2D eigenvalue weighted by atomic mass is 32.2. The molecule has 7 aromatic rings. The second-order valence-electron chi connectivity index (χ2n) is 13.6. The number of hydrogen-bond acceptors (Lipinski definition) is 28. The number of Topliss-reactive ketones (excluding diaryl/α,β-unsaturated/α-hetero) is 1. The number of amidine groups is 1. The minimum Gasteiger partial charge on any atom is -0.318 e. The molecule has 7 aromatic heterocycles. The van der Waals surface area contributed by atoms with Gasteiger partial charge in [-0.05, 0) is 61.7 Å². The first kappa shape index (κ1) is 62.0. The number of likely N-dealkylation sites (N-methyl/N-ethyl adjacent to an activating group) is 1. The Morgan fingerprint density at radius 1 is 0.662 bits per heavy atom. The Bertz CT molecular complexity index is 2780. The first-order valence-electron chi connectivity index (χ1n) is 20.3. The monoisotopic (exact) mass is 1060 g/mol. The predicted molar refractivity (Wildman–Crippen MR) is 248 cm³/mol. The SMILES string of the molecule is CC(=O)Nc1nn[nH]n1.CC(=O)c1nn[nH]n1.CC1=NCC(=O)N1.CC1CC(=O)NC1=O.CN1CC(=O)NC1=O.CSc1n[nH]c(=O)[nH]1.Cc1n[nH]c(C)n1.Cc1nn[nH]n1.Cc1nn[nH]n1.Cn1nn[nH]c1=O. The normalized spacial score (nSPS) is 13.3. The maximum absolute atomic E-state index is 10.5. The van der Waals surface area contributed by atoms with E-state index in [9.17, 15) is 43.2 Å². The van der Waals surface area contributed by atoms with Crippen LogP contribution in [0.15, 0.2) is 19.7 Å². The molecule has 0 saturated carbocycles. The fourth-order valence-electron chi connectivity index (χ4n) is 3.85. The number of aromatic nitrogens is 26. The molecular formula is C32H52N32O9S. The maximum Gasteiger partial charge on any atom is 0.360 e. The molecule has 41 nitrogen and oxygen atoms in total. The van der Waals surface area contributed by atoms with Crippen molar-refractivity contribution in [2.45, 2.75) is 67.0 Å². The standard InChI is InChI=1S/C5H7NO2.C4H7N3.C4H6N2O2.C4H6N2O.C3H5N5O.C3H4N4O.C3H5N3OS.C2H4N4O.2C2H4N4/c1-3-2-4(7)6-5(3)8;1-3-5-4(2)7-6-3;1-6-2-3(7)5-4(6)8;1-3-5-2-4(7)6-3;1-2(9)4-3-5-7-8-6-3;1-2(8)3-4-6-7-5-3;1-8-3-4-2(7)5-6-3;1-6-2(7)3-4-5-6;2*1-2-3-5-6-4-2/h3H,2H2,1H3,(H,6,7,8);1-2H3,(H,5,6,7);2H2,1H3,(H,5,7,8);2H2,1H3,(H,5,6,7);1H3,(H2,4,5,6,7,8,9);1H3,(H,4,5,6,7);1H3,(H2,4,5,6,7);1H3,(H,3,5,7);2*1H3,(H,3,4,5,6). The van der Waals surface area contributed by atoms with Crippen molar-refractivity contribution in [1.82, 2.24) is 154 Å². The number of imide groups is 2. The van der Waals surface area contributed by atoms with Crippen molar-refractivity contribution >= 4 is 64.9 Å². The summed E-state index contributed by atoms with van der Waals surface area (Å²) in [5.41, 5.74) is -0.547. The van der Waals surface area contributed by atoms with Gasteiger partial charge < -0.3 is 10.2 Å². The Kier molecular flexibility index (Phi) is 28.7. The molecule has 0 bridgehead atoms. The number of aromatic amines is 8. The van der Waals surface area contributed by atoms with Crippen LogP contribution in [0.3, 0.4) is 0 Å². The number of nitrogens with one attached hydrogen (secondary N) is 12. The Morgan fingerprint density at radius 3 is 1.46 bits per heavy atom. The van der Waals surface area contributed by atoms with Gasteiger partial charge in [0.15, 0.2) is 16.8 Å². The summed E-state index contributed by atoms with van der Waals surface area (Å²) in [5, 5.41) is 80.7. The van der Waals surface area contributed by atoms with Crippen LogP contribution in [0.4, 0.5) is 10.7 Å². The lowest BCUT2D eigenvalue weighted by atomic mass is 10.1. The third-order valence-corrected chi connectivity index (χ3v) is 7.73. The summed E-state index contributed by atoms with van der Waals surface area (Å²) < 4.78 is 1.11. The predicted octanol–water partition coefficient (Wildman–Crippen LogP) is -5.31. The molecule has 12 N–H and O–H groups in total. The molecule has 3 aliphatic rings. The van der Waals surface area contributed by atoms with Crippen LogP contribution in [-0.2, 0) is 31.0 Å². The number of carbonyl (C=O) groups is 7. The molecule has 2 fully saturated rings. The topological polar surface area (TPSA) is 568 Å². The molecule has 0 radical (unpaired) electrons. The molecule has 42 heteroatoms. The van der Waals surface area contributed by atoms with Crippen LogP contribution in [0, 0.1) is 33.6 Å². The van der Waals surface area contributed by atoms with Gasteiger partial charge in [-0.25, -0.2) is 29.6 Å². The number of thioether (sulfide) groups is 1. The largest absolute Gasteiger partial charge is 0.360 e. The third kappa shape index (κ3) is 29.1. The summed E-state index contributed by atoms with van der Waals surface area (Å²) in [4.78, 5) is 104. The number of nitrogens with zero attached hydrogens (tertiary/aromatic N) is 20. The van der Waals surface area contributed by atoms with Crippen molar-refractivity contribution in [2.75, 3.05) is 31.7 Å². The number of amides is 7. The van der Waals surface area contributed by atoms with Crippen LogP contribution in [0.25, 0.3) is 0 Å². The van der Waals surface area contributed by atoms with Crippen LogP contribution in [0.2, 0.25) is 0 Å². The Hall–Kier alpha value is -10.1. The van der Waals surface area contributed by atoms with Gasteiger partial charge in [0.1, 0.15) is 30.6 Å². The molecule has 10 heterocycles. The van der Waals surface area contributed by atoms with E-state index in [4.69, 9.17) is 0 Å². The lowest BCUT2D eigenvalue weighted by molar-refractivity contribution is -0.126. The highest BCUT2D eigenvalue weighted by Gasteiger charge is 2.25. The quantitative estimate of drug-likeness (QED) is 0.0340. The van der Waals surface area contributed by atoms with E-state index < -0.39 is 0 Å². The molecular weight excluding hydrogens is 1010 g/mol. The van der Waals surface area contributed by atoms with Crippen molar-refractivity contribution in [1.29, 1.82) is 0 Å². The van der Waals surface area contributed by atoms with Gasteiger partial charge in [-0.15, -0.1) is 40.8 Å². The first-order valence-corrected chi connectivity index (χ1v) is 21.5. The minimum atomic E-state index is -0.310. The molecule has 0 aliphatic carbocycles. The van der Waals surface area contributed by atoms with E-state index in [1.165, 1.54) is 37.6 Å². The lowest BCUT2D eigenvalue weighted by Crippen LogP contribution is -2.24. The molecule has 0 spiro atoms. The molecule has 7 amide bonds. The Labute approximate surface area is 418 Å². The van der Waals surface area contributed by atoms with Crippen molar-refractivity contribution in [2.24, 2.45) is 18.0 Å². The van der Waals surface area contributed by atoms with E-state index in [1.54, 1.807) is 34.7 Å². The minimum absolute atomic E-state index is 0.00231. The number of urea groups is 1. The molecule has 3 aliphatic heterocycles. The highest BCUT2D eigenvalue weighted by Crippen LogP contribution is 2.07. The van der Waals surface area contributed by atoms with E-state index >= 15 is 0 Å². The summed E-state index contributed by atoms with van der Waals surface area (Å²) in [6.45, 7) is 14.0. The van der Waals surface area contributed by atoms with Crippen LogP contribution in [0.1, 0.15) is 68.0 Å². The van der Waals surface area contributed by atoms with Gasteiger partial charge in [0.05, 0.1) is 0 Å². The van der Waals surface area contributed by atoms with Gasteiger partial charge in [0, 0.05) is 40.3 Å². The smallest absolute Gasteiger partial charge is 0.318 e. The maximum atomic E-state index is 10.5. The molecule has 74 heavy (non-hydrogen) atoms. The number of hydrogen-bond donors (Lipinski definition) is 12. The van der Waals surface area contributed by atoms with E-state index in [2.05, 4.69) is 155 Å². The number of tetrazole rings is 5. The van der Waals surface area contributed by atoms with E-state index in [0.717, 1.165) is 22.2 Å². The summed E-state index contributed by atoms with van der Waals surface area (Å²) in [6, 6.07) is -0.310. The molecule has 1 unspecified atom stereocenters. The molecule has 1 atom stereocenters. The zero-order valence-corrected chi connectivity index (χ0v) is 42.0. The van der Waals surface area contributed by atoms with Gasteiger partial charge in [0.25, 0.3) is 5.95 Å². The van der Waals surface area contributed by atoms with Gasteiger partial charge in [-0.1, -0.05) is 34.2 Å². The van der Waals surface area contributed by atoms with Gasteiger partial charge in [-0.2, -0.15) is 30.6 Å². The zero-order chi connectivity index (χ0) is 55.6. The Balaban J connectivity index is 0.000000412. The van der Waals surface area contributed by atoms with Crippen LogP contribution >= 0.6 is 11.8 Å². The van der Waals surface area contributed by atoms with E-state index in [0.29, 0.717) is 29.8 Å². The first-order chi connectivity index (χ1) is 35.0.